The molecule has 4 rings (SSSR count). The number of pyridine rings is 1. The lowest BCUT2D eigenvalue weighted by atomic mass is 9.93. The van der Waals surface area contributed by atoms with Gasteiger partial charge in [-0.15, -0.1) is 0 Å². The first kappa shape index (κ1) is 18.7. The van der Waals surface area contributed by atoms with E-state index in [2.05, 4.69) is 21.0 Å². The summed E-state index contributed by atoms with van der Waals surface area (Å²) in [5.41, 5.74) is 3.16. The smallest absolute Gasteiger partial charge is 0.129 e. The van der Waals surface area contributed by atoms with E-state index in [4.69, 9.17) is 0 Å². The summed E-state index contributed by atoms with van der Waals surface area (Å²) in [6, 6.07) is 9.97. The number of aryl methyl sites for hydroxylation is 1. The Bertz CT molecular complexity index is 916. The van der Waals surface area contributed by atoms with E-state index >= 15 is 0 Å². The van der Waals surface area contributed by atoms with Gasteiger partial charge in [-0.3, -0.25) is 14.6 Å². The number of piperidine rings is 1. The number of halogens is 2. The van der Waals surface area contributed by atoms with Crippen LogP contribution in [0, 0.1) is 11.6 Å². The second-order valence-corrected chi connectivity index (χ2v) is 7.49. The van der Waals surface area contributed by atoms with Crippen molar-refractivity contribution in [3.05, 3.63) is 82.9 Å². The predicted octanol–water partition coefficient (Wildman–Crippen LogP) is 4.06. The van der Waals surface area contributed by atoms with Crippen LogP contribution in [0.15, 0.2) is 48.8 Å². The Morgan fingerprint density at radius 3 is 2.61 bits per heavy atom. The topological polar surface area (TPSA) is 34.0 Å². The molecule has 1 aromatic carbocycles. The van der Waals surface area contributed by atoms with Gasteiger partial charge in [-0.2, -0.15) is 5.10 Å². The Morgan fingerprint density at radius 2 is 1.93 bits per heavy atom. The summed E-state index contributed by atoms with van der Waals surface area (Å²) in [6.07, 6.45) is 6.03. The van der Waals surface area contributed by atoms with Crippen molar-refractivity contribution in [1.82, 2.24) is 19.7 Å². The molecule has 0 N–H and O–H groups in total. The molecule has 1 saturated heterocycles. The van der Waals surface area contributed by atoms with Gasteiger partial charge in [0.05, 0.1) is 5.69 Å². The molecule has 6 heteroatoms. The number of benzene rings is 1. The first-order chi connectivity index (χ1) is 13.6. The van der Waals surface area contributed by atoms with Gasteiger partial charge in [-0.1, -0.05) is 12.1 Å². The van der Waals surface area contributed by atoms with Crippen molar-refractivity contribution >= 4 is 0 Å². The van der Waals surface area contributed by atoms with Crippen LogP contribution < -0.4 is 0 Å². The van der Waals surface area contributed by atoms with Crippen LogP contribution in [-0.2, 0) is 20.0 Å². The monoisotopic (exact) mass is 382 g/mol. The number of nitrogens with zero attached hydrogens (tertiary/aromatic N) is 4. The standard InChI is InChI=1S/C22H24F2N4/c1-27-18(9-10-26-27)15-28-11-3-4-17(14-28)22-8-7-16(13-25-22)12-19-20(23)5-2-6-21(19)24/h2,5-10,13,17H,3-4,11-12,14-15H2,1H3/t17-/m0/s1. The second kappa shape index (κ2) is 8.19. The highest BCUT2D eigenvalue weighted by atomic mass is 19.1. The van der Waals surface area contributed by atoms with Crippen LogP contribution in [0.1, 0.15) is 41.3 Å². The molecule has 1 fully saturated rings. The second-order valence-electron chi connectivity index (χ2n) is 7.49. The van der Waals surface area contributed by atoms with Gasteiger partial charge >= 0.3 is 0 Å². The molecule has 28 heavy (non-hydrogen) atoms. The van der Waals surface area contributed by atoms with Gasteiger partial charge in [-0.05, 0) is 49.2 Å². The molecule has 1 aliphatic heterocycles. The van der Waals surface area contributed by atoms with Crippen molar-refractivity contribution in [2.45, 2.75) is 31.7 Å². The molecule has 146 valence electrons. The molecule has 3 heterocycles. The minimum absolute atomic E-state index is 0.0945. The maximum absolute atomic E-state index is 13.9. The fourth-order valence-corrected chi connectivity index (χ4v) is 3.91. The zero-order valence-electron chi connectivity index (χ0n) is 16.0. The van der Waals surface area contributed by atoms with Gasteiger partial charge < -0.3 is 0 Å². The van der Waals surface area contributed by atoms with Gasteiger partial charge in [0.2, 0.25) is 0 Å². The SMILES string of the molecule is Cn1nccc1CN1CCC[C@H](c2ccc(Cc3c(F)cccc3F)cn2)C1. The third-order valence-corrected chi connectivity index (χ3v) is 5.52. The van der Waals surface area contributed by atoms with E-state index in [-0.39, 0.29) is 12.0 Å². The van der Waals surface area contributed by atoms with E-state index in [1.54, 1.807) is 6.20 Å². The molecule has 0 aliphatic carbocycles. The van der Waals surface area contributed by atoms with Crippen LogP contribution in [0.5, 0.6) is 0 Å². The highest BCUT2D eigenvalue weighted by molar-refractivity contribution is 5.28. The maximum atomic E-state index is 13.9. The molecule has 0 radical (unpaired) electrons. The van der Waals surface area contributed by atoms with Crippen molar-refractivity contribution in [3.63, 3.8) is 0 Å². The van der Waals surface area contributed by atoms with E-state index < -0.39 is 11.6 Å². The van der Waals surface area contributed by atoms with Crippen LogP contribution in [-0.4, -0.2) is 32.8 Å². The lowest BCUT2D eigenvalue weighted by Gasteiger charge is -2.32. The number of likely N-dealkylation sites (tertiary alicyclic amines) is 1. The fourth-order valence-electron chi connectivity index (χ4n) is 3.91. The number of aromatic nitrogens is 3. The Hall–Kier alpha value is -2.60. The average molecular weight is 382 g/mol. The van der Waals surface area contributed by atoms with Gasteiger partial charge in [0.1, 0.15) is 11.6 Å². The summed E-state index contributed by atoms with van der Waals surface area (Å²) in [5.74, 6) is -0.648. The molecule has 0 bridgehead atoms. The van der Waals surface area contributed by atoms with Gasteiger partial charge in [0, 0.05) is 56.1 Å². The van der Waals surface area contributed by atoms with E-state index in [9.17, 15) is 8.78 Å². The van der Waals surface area contributed by atoms with Crippen molar-refractivity contribution in [2.75, 3.05) is 13.1 Å². The van der Waals surface area contributed by atoms with Crippen LogP contribution in [0.4, 0.5) is 8.78 Å². The first-order valence-corrected chi connectivity index (χ1v) is 9.67. The molecule has 4 nitrogen and oxygen atoms in total. The third-order valence-electron chi connectivity index (χ3n) is 5.52. The minimum atomic E-state index is -0.512. The summed E-state index contributed by atoms with van der Waals surface area (Å²) in [5, 5.41) is 4.24. The van der Waals surface area contributed by atoms with Crippen molar-refractivity contribution < 1.29 is 8.78 Å². The summed E-state index contributed by atoms with van der Waals surface area (Å²) in [4.78, 5) is 7.06. The fraction of sp³-hybridized carbons (Fsp3) is 0.364. The quantitative estimate of drug-likeness (QED) is 0.667. The highest BCUT2D eigenvalue weighted by Crippen LogP contribution is 2.27. The molecule has 1 aliphatic rings. The Balaban J connectivity index is 1.42. The minimum Gasteiger partial charge on any atom is -0.297 e. The summed E-state index contributed by atoms with van der Waals surface area (Å²) >= 11 is 0. The van der Waals surface area contributed by atoms with E-state index in [0.717, 1.165) is 43.7 Å². The molecule has 3 aromatic rings. The molecular weight excluding hydrogens is 358 g/mol. The zero-order valence-corrected chi connectivity index (χ0v) is 16.0. The Labute approximate surface area is 163 Å². The van der Waals surface area contributed by atoms with Crippen LogP contribution in [0.25, 0.3) is 0 Å². The number of rotatable bonds is 5. The van der Waals surface area contributed by atoms with E-state index in [1.807, 2.05) is 30.1 Å². The summed E-state index contributed by atoms with van der Waals surface area (Å²) < 4.78 is 29.6. The molecule has 0 spiro atoms. The van der Waals surface area contributed by atoms with Gasteiger partial charge in [-0.25, -0.2) is 8.78 Å². The molecular formula is C22H24F2N4. The maximum Gasteiger partial charge on any atom is 0.129 e. The summed E-state index contributed by atoms with van der Waals surface area (Å²) in [6.45, 7) is 2.92. The van der Waals surface area contributed by atoms with E-state index in [1.165, 1.54) is 23.9 Å². The third kappa shape index (κ3) is 4.12. The zero-order chi connectivity index (χ0) is 19.5. The first-order valence-electron chi connectivity index (χ1n) is 9.67. The molecule has 2 aromatic heterocycles. The van der Waals surface area contributed by atoms with Crippen LogP contribution in [0.2, 0.25) is 0 Å². The lowest BCUT2D eigenvalue weighted by molar-refractivity contribution is 0.194. The van der Waals surface area contributed by atoms with E-state index in [0.29, 0.717) is 5.92 Å². The predicted molar refractivity (Wildman–Crippen MR) is 104 cm³/mol. The Kier molecular flexibility index (Phi) is 5.48. The molecule has 0 saturated carbocycles. The van der Waals surface area contributed by atoms with Crippen molar-refractivity contribution in [2.24, 2.45) is 7.05 Å². The number of hydrogen-bond acceptors (Lipinski definition) is 3. The molecule has 1 atom stereocenters. The Morgan fingerprint density at radius 1 is 1.11 bits per heavy atom. The molecule has 0 amide bonds. The average Bonchev–Trinajstić information content (AvgIpc) is 3.10. The lowest BCUT2D eigenvalue weighted by Crippen LogP contribution is -2.34. The largest absolute Gasteiger partial charge is 0.297 e. The van der Waals surface area contributed by atoms with Gasteiger partial charge in [0.15, 0.2) is 0 Å². The highest BCUT2D eigenvalue weighted by Gasteiger charge is 2.23. The molecule has 0 unspecified atom stereocenters. The summed E-state index contributed by atoms with van der Waals surface area (Å²) in [7, 11) is 1.97. The van der Waals surface area contributed by atoms with Crippen LogP contribution in [0.3, 0.4) is 0 Å². The van der Waals surface area contributed by atoms with Crippen molar-refractivity contribution in [3.8, 4) is 0 Å². The van der Waals surface area contributed by atoms with Crippen LogP contribution >= 0.6 is 0 Å². The normalized spacial score (nSPS) is 17.8. The van der Waals surface area contributed by atoms with Crippen molar-refractivity contribution in [1.29, 1.82) is 0 Å². The van der Waals surface area contributed by atoms with Gasteiger partial charge in [0.25, 0.3) is 0 Å². The number of hydrogen-bond donors (Lipinski definition) is 0.